The lowest BCUT2D eigenvalue weighted by molar-refractivity contribution is 1.18. The monoisotopic (exact) mass is 548 g/mol. The van der Waals surface area contributed by atoms with Crippen molar-refractivity contribution in [3.8, 4) is 28.2 Å². The van der Waals surface area contributed by atoms with Gasteiger partial charge in [0.1, 0.15) is 0 Å². The van der Waals surface area contributed by atoms with Gasteiger partial charge < -0.3 is 4.57 Å². The molecule has 0 radical (unpaired) electrons. The largest absolute Gasteiger partial charge is 0.309 e. The molecule has 0 saturated carbocycles. The maximum absolute atomic E-state index is 5.19. The molecule has 43 heavy (non-hydrogen) atoms. The zero-order chi connectivity index (χ0) is 28.3. The first-order valence-electron chi connectivity index (χ1n) is 14.5. The van der Waals surface area contributed by atoms with Crippen molar-refractivity contribution < 1.29 is 0 Å². The van der Waals surface area contributed by atoms with Crippen LogP contribution in [-0.2, 0) is 0 Å². The fraction of sp³-hybridized carbons (Fsp3) is 0. The highest BCUT2D eigenvalue weighted by Gasteiger charge is 2.17. The van der Waals surface area contributed by atoms with Gasteiger partial charge in [0.15, 0.2) is 0 Å². The molecule has 4 nitrogen and oxygen atoms in total. The van der Waals surface area contributed by atoms with Crippen LogP contribution in [0.4, 0.5) is 0 Å². The molecule has 200 valence electrons. The van der Waals surface area contributed by atoms with Crippen molar-refractivity contribution >= 4 is 54.5 Å². The second-order valence-electron chi connectivity index (χ2n) is 10.9. The highest BCUT2D eigenvalue weighted by Crippen LogP contribution is 2.40. The van der Waals surface area contributed by atoms with E-state index in [0.717, 1.165) is 61.0 Å². The van der Waals surface area contributed by atoms with Crippen molar-refractivity contribution in [3.63, 3.8) is 0 Å². The van der Waals surface area contributed by atoms with Gasteiger partial charge in [0, 0.05) is 44.6 Å². The Morgan fingerprint density at radius 2 is 1.21 bits per heavy atom. The average Bonchev–Trinajstić information content (AvgIpc) is 3.40. The summed E-state index contributed by atoms with van der Waals surface area (Å²) in [7, 11) is 0. The SMILES string of the molecule is c1ccc(-c2nc3ccccc3c3cc4c5ccccc5n(-c5cccc(-c6ccc7ncccc7n6)c5)c4cc23)cc1. The third-order valence-corrected chi connectivity index (χ3v) is 8.40. The van der Waals surface area contributed by atoms with E-state index in [1.807, 2.05) is 18.2 Å². The molecule has 0 fully saturated rings. The Morgan fingerprint density at radius 3 is 2.14 bits per heavy atom. The number of para-hydroxylation sites is 2. The minimum absolute atomic E-state index is 0.891. The van der Waals surface area contributed by atoms with E-state index in [0.29, 0.717) is 0 Å². The maximum atomic E-state index is 5.19. The minimum atomic E-state index is 0.891. The lowest BCUT2D eigenvalue weighted by Crippen LogP contribution is -1.96. The Kier molecular flexibility index (Phi) is 5.16. The van der Waals surface area contributed by atoms with Crippen LogP contribution in [0.2, 0.25) is 0 Å². The Morgan fingerprint density at radius 1 is 0.419 bits per heavy atom. The fourth-order valence-corrected chi connectivity index (χ4v) is 6.43. The van der Waals surface area contributed by atoms with E-state index in [1.54, 1.807) is 6.20 Å². The number of pyridine rings is 3. The minimum Gasteiger partial charge on any atom is -0.309 e. The normalized spacial score (nSPS) is 11.7. The van der Waals surface area contributed by atoms with Gasteiger partial charge in [0.2, 0.25) is 0 Å². The van der Waals surface area contributed by atoms with Crippen LogP contribution in [0, 0.1) is 0 Å². The first-order chi connectivity index (χ1) is 21.3. The molecule has 0 aliphatic heterocycles. The molecule has 0 saturated heterocycles. The first kappa shape index (κ1) is 23.8. The van der Waals surface area contributed by atoms with Gasteiger partial charge in [-0.1, -0.05) is 78.9 Å². The second kappa shape index (κ2) is 9.33. The van der Waals surface area contributed by atoms with E-state index in [1.165, 1.54) is 21.7 Å². The predicted octanol–water partition coefficient (Wildman–Crippen LogP) is 9.76. The molecular formula is C39H24N4. The van der Waals surface area contributed by atoms with Gasteiger partial charge in [-0.05, 0) is 66.0 Å². The van der Waals surface area contributed by atoms with E-state index in [4.69, 9.17) is 9.97 Å². The highest BCUT2D eigenvalue weighted by molar-refractivity contribution is 6.20. The standard InChI is InChI=1S/C39H24N4/c1-2-10-25(11-3-1)39-32-24-38-31(23-30(32)28-14-4-6-16-34(28)42-39)29-15-5-7-18-37(29)43(38)27-13-8-12-26(22-27)33-19-20-35-36(41-33)17-9-21-40-35/h1-24H. The lowest BCUT2D eigenvalue weighted by Gasteiger charge is -2.13. The number of fused-ring (bicyclic) bond motifs is 7. The molecule has 4 heteroatoms. The Labute approximate surface area is 247 Å². The third-order valence-electron chi connectivity index (χ3n) is 8.40. The molecule has 5 aromatic carbocycles. The Hall–Kier alpha value is -5.87. The summed E-state index contributed by atoms with van der Waals surface area (Å²) in [5.74, 6) is 0. The van der Waals surface area contributed by atoms with Gasteiger partial charge >= 0.3 is 0 Å². The molecule has 0 N–H and O–H groups in total. The van der Waals surface area contributed by atoms with Crippen molar-refractivity contribution in [1.82, 2.24) is 19.5 Å². The van der Waals surface area contributed by atoms with Gasteiger partial charge in [-0.2, -0.15) is 0 Å². The van der Waals surface area contributed by atoms with Gasteiger partial charge in [-0.3, -0.25) is 4.98 Å². The van der Waals surface area contributed by atoms with E-state index in [2.05, 4.69) is 131 Å². The molecule has 0 aliphatic carbocycles. The van der Waals surface area contributed by atoms with E-state index >= 15 is 0 Å². The fourth-order valence-electron chi connectivity index (χ4n) is 6.43. The Bertz CT molecular complexity index is 2510. The predicted molar refractivity (Wildman–Crippen MR) is 178 cm³/mol. The van der Waals surface area contributed by atoms with Gasteiger partial charge in [0.05, 0.1) is 39.0 Å². The quantitative estimate of drug-likeness (QED) is 0.206. The summed E-state index contributed by atoms with van der Waals surface area (Å²) in [4.78, 5) is 14.6. The van der Waals surface area contributed by atoms with Gasteiger partial charge in [-0.15, -0.1) is 0 Å². The number of hydrogen-bond donors (Lipinski definition) is 0. The zero-order valence-corrected chi connectivity index (χ0v) is 23.1. The molecule has 4 aromatic heterocycles. The zero-order valence-electron chi connectivity index (χ0n) is 23.1. The molecule has 0 bridgehead atoms. The number of aromatic nitrogens is 4. The van der Waals surface area contributed by atoms with Crippen molar-refractivity contribution in [3.05, 3.63) is 146 Å². The summed E-state index contributed by atoms with van der Waals surface area (Å²) < 4.78 is 2.38. The highest BCUT2D eigenvalue weighted by atomic mass is 15.0. The van der Waals surface area contributed by atoms with E-state index < -0.39 is 0 Å². The topological polar surface area (TPSA) is 43.6 Å². The molecule has 9 aromatic rings. The van der Waals surface area contributed by atoms with Crippen molar-refractivity contribution in [2.45, 2.75) is 0 Å². The summed E-state index contributed by atoms with van der Waals surface area (Å²) in [6.45, 7) is 0. The van der Waals surface area contributed by atoms with Crippen molar-refractivity contribution in [1.29, 1.82) is 0 Å². The second-order valence-corrected chi connectivity index (χ2v) is 10.9. The first-order valence-corrected chi connectivity index (χ1v) is 14.5. The molecule has 0 atom stereocenters. The third kappa shape index (κ3) is 3.74. The van der Waals surface area contributed by atoms with E-state index in [9.17, 15) is 0 Å². The number of hydrogen-bond acceptors (Lipinski definition) is 3. The summed E-state index contributed by atoms with van der Waals surface area (Å²) in [5, 5.41) is 5.96. The maximum Gasteiger partial charge on any atom is 0.0894 e. The molecule has 0 amide bonds. The van der Waals surface area contributed by atoms with Crippen molar-refractivity contribution in [2.24, 2.45) is 0 Å². The van der Waals surface area contributed by atoms with Gasteiger partial charge in [0.25, 0.3) is 0 Å². The molecular weight excluding hydrogens is 524 g/mol. The van der Waals surface area contributed by atoms with Crippen LogP contribution in [0.3, 0.4) is 0 Å². The summed E-state index contributed by atoms with van der Waals surface area (Å²) in [5.41, 5.74) is 10.3. The smallest absolute Gasteiger partial charge is 0.0894 e. The number of benzene rings is 5. The average molecular weight is 549 g/mol. The summed E-state index contributed by atoms with van der Waals surface area (Å²) in [6, 6.07) is 49.0. The molecule has 4 heterocycles. The molecule has 9 rings (SSSR count). The number of nitrogens with zero attached hydrogens (tertiary/aromatic N) is 4. The Balaban J connectivity index is 1.35. The van der Waals surface area contributed by atoms with Crippen LogP contribution in [-0.4, -0.2) is 19.5 Å². The molecule has 0 unspecified atom stereocenters. The van der Waals surface area contributed by atoms with Crippen LogP contribution in [0.1, 0.15) is 0 Å². The van der Waals surface area contributed by atoms with Crippen LogP contribution in [0.25, 0.3) is 82.7 Å². The van der Waals surface area contributed by atoms with Crippen LogP contribution in [0.5, 0.6) is 0 Å². The lowest BCUT2D eigenvalue weighted by atomic mass is 9.98. The van der Waals surface area contributed by atoms with E-state index in [-0.39, 0.29) is 0 Å². The number of rotatable bonds is 3. The van der Waals surface area contributed by atoms with Crippen LogP contribution in [0.15, 0.2) is 146 Å². The van der Waals surface area contributed by atoms with Crippen LogP contribution < -0.4 is 0 Å². The summed E-state index contributed by atoms with van der Waals surface area (Å²) >= 11 is 0. The summed E-state index contributed by atoms with van der Waals surface area (Å²) in [6.07, 6.45) is 1.80. The van der Waals surface area contributed by atoms with Crippen LogP contribution >= 0.6 is 0 Å². The molecule has 0 spiro atoms. The van der Waals surface area contributed by atoms with Gasteiger partial charge in [-0.25, -0.2) is 9.97 Å². The van der Waals surface area contributed by atoms with Crippen molar-refractivity contribution in [2.75, 3.05) is 0 Å². The molecule has 0 aliphatic rings.